The number of aliphatic imine (C=N–C) groups is 1. The van der Waals surface area contributed by atoms with Gasteiger partial charge < -0.3 is 15.2 Å². The fraction of sp³-hybridized carbons (Fsp3) is 0.105. The zero-order valence-corrected chi connectivity index (χ0v) is 13.1. The first-order chi connectivity index (χ1) is 11.2. The van der Waals surface area contributed by atoms with Crippen LogP contribution in [0.2, 0.25) is 0 Å². The average Bonchev–Trinajstić information content (AvgIpc) is 2.61. The highest BCUT2D eigenvalue weighted by molar-refractivity contribution is 6.02. The molecule has 3 rings (SSSR count). The molecule has 0 bridgehead atoms. The number of rotatable bonds is 4. The van der Waals surface area contributed by atoms with Gasteiger partial charge in [0.2, 0.25) is 0 Å². The van der Waals surface area contributed by atoms with Crippen molar-refractivity contribution >= 4 is 22.3 Å². The van der Waals surface area contributed by atoms with Gasteiger partial charge in [0, 0.05) is 11.6 Å². The van der Waals surface area contributed by atoms with Crippen LogP contribution >= 0.6 is 0 Å². The van der Waals surface area contributed by atoms with Gasteiger partial charge in [-0.25, -0.2) is 4.99 Å². The lowest BCUT2D eigenvalue weighted by atomic mass is 10.1. The molecule has 2 N–H and O–H groups in total. The second kappa shape index (κ2) is 6.40. The Kier molecular flexibility index (Phi) is 4.15. The van der Waals surface area contributed by atoms with E-state index in [-0.39, 0.29) is 0 Å². The maximum Gasteiger partial charge on any atom is 0.144 e. The Bertz CT molecular complexity index is 872. The van der Waals surface area contributed by atoms with Gasteiger partial charge in [0.05, 0.1) is 14.2 Å². The quantitative estimate of drug-likeness (QED) is 0.587. The van der Waals surface area contributed by atoms with Gasteiger partial charge >= 0.3 is 0 Å². The van der Waals surface area contributed by atoms with Crippen LogP contribution in [-0.4, -0.2) is 20.1 Å². The van der Waals surface area contributed by atoms with Crippen LogP contribution in [0.1, 0.15) is 5.56 Å². The van der Waals surface area contributed by atoms with Crippen molar-refractivity contribution in [3.05, 3.63) is 66.2 Å². The third-order valence-electron chi connectivity index (χ3n) is 3.67. The highest BCUT2D eigenvalue weighted by Crippen LogP contribution is 2.31. The molecule has 0 saturated heterocycles. The highest BCUT2D eigenvalue weighted by Gasteiger charge is 2.06. The smallest absolute Gasteiger partial charge is 0.144 e. The van der Waals surface area contributed by atoms with Crippen molar-refractivity contribution in [1.29, 1.82) is 0 Å². The number of fused-ring (bicyclic) bond motifs is 1. The van der Waals surface area contributed by atoms with Crippen molar-refractivity contribution in [3.8, 4) is 11.5 Å². The number of benzene rings is 3. The predicted molar refractivity (Wildman–Crippen MR) is 93.9 cm³/mol. The second-order valence-corrected chi connectivity index (χ2v) is 5.10. The molecular formula is C19H18N2O2. The molecular weight excluding hydrogens is 288 g/mol. The molecule has 0 radical (unpaired) electrons. The molecule has 4 heteroatoms. The van der Waals surface area contributed by atoms with E-state index in [1.54, 1.807) is 20.3 Å². The van der Waals surface area contributed by atoms with Gasteiger partial charge in [-0.1, -0.05) is 36.4 Å². The van der Waals surface area contributed by atoms with Crippen molar-refractivity contribution in [2.45, 2.75) is 0 Å². The number of hydrogen-bond acceptors (Lipinski definition) is 3. The van der Waals surface area contributed by atoms with E-state index in [1.165, 1.54) is 5.39 Å². The first-order valence-corrected chi connectivity index (χ1v) is 7.26. The summed E-state index contributed by atoms with van der Waals surface area (Å²) in [5, 5.41) is 2.30. The maximum absolute atomic E-state index is 6.19. The summed E-state index contributed by atoms with van der Waals surface area (Å²) >= 11 is 0. The molecule has 116 valence electrons. The molecule has 0 atom stereocenters. The molecule has 0 saturated carbocycles. The molecule has 0 aliphatic heterocycles. The Balaban J connectivity index is 2.03. The number of ether oxygens (including phenoxy) is 2. The van der Waals surface area contributed by atoms with E-state index in [9.17, 15) is 0 Å². The summed E-state index contributed by atoms with van der Waals surface area (Å²) in [6.07, 6.45) is 0. The highest BCUT2D eigenvalue weighted by atomic mass is 16.5. The van der Waals surface area contributed by atoms with Crippen LogP contribution in [0.15, 0.2) is 65.7 Å². The van der Waals surface area contributed by atoms with Gasteiger partial charge in [0.25, 0.3) is 0 Å². The Morgan fingerprint density at radius 1 is 0.870 bits per heavy atom. The summed E-state index contributed by atoms with van der Waals surface area (Å²) in [5.41, 5.74) is 7.69. The van der Waals surface area contributed by atoms with E-state index in [0.717, 1.165) is 10.9 Å². The first-order valence-electron chi connectivity index (χ1n) is 7.26. The molecule has 0 fully saturated rings. The molecule has 3 aromatic carbocycles. The van der Waals surface area contributed by atoms with Gasteiger partial charge in [-0.3, -0.25) is 0 Å². The standard InChI is InChI=1S/C19H18N2O2/c1-22-16-9-10-18(23-2)17(12-16)21-19(20)15-8-7-13-5-3-4-6-14(13)11-15/h3-12H,1-2H3,(H2,20,21). The van der Waals surface area contributed by atoms with Gasteiger partial charge in [-0.15, -0.1) is 0 Å². The van der Waals surface area contributed by atoms with Crippen LogP contribution < -0.4 is 15.2 Å². The molecule has 4 nitrogen and oxygen atoms in total. The van der Waals surface area contributed by atoms with Crippen LogP contribution in [0.3, 0.4) is 0 Å². The lowest BCUT2D eigenvalue weighted by Crippen LogP contribution is -2.12. The summed E-state index contributed by atoms with van der Waals surface area (Å²) in [6, 6.07) is 19.6. The monoisotopic (exact) mass is 306 g/mol. The number of nitrogens with zero attached hydrogens (tertiary/aromatic N) is 1. The van der Waals surface area contributed by atoms with E-state index in [1.807, 2.05) is 42.5 Å². The number of amidine groups is 1. The van der Waals surface area contributed by atoms with Gasteiger partial charge in [0.15, 0.2) is 0 Å². The average molecular weight is 306 g/mol. The second-order valence-electron chi connectivity index (χ2n) is 5.10. The van der Waals surface area contributed by atoms with E-state index in [4.69, 9.17) is 15.2 Å². The van der Waals surface area contributed by atoms with Gasteiger partial charge in [-0.05, 0) is 29.0 Å². The first kappa shape index (κ1) is 14.9. The normalized spacial score (nSPS) is 11.5. The molecule has 23 heavy (non-hydrogen) atoms. The van der Waals surface area contributed by atoms with Crippen LogP contribution in [0.4, 0.5) is 5.69 Å². The molecule has 0 aliphatic carbocycles. The van der Waals surface area contributed by atoms with Gasteiger partial charge in [0.1, 0.15) is 23.0 Å². The predicted octanol–water partition coefficient (Wildman–Crippen LogP) is 3.89. The molecule has 0 aliphatic rings. The summed E-state index contributed by atoms with van der Waals surface area (Å²) in [7, 11) is 3.22. The Morgan fingerprint density at radius 2 is 1.65 bits per heavy atom. The number of hydrogen-bond donors (Lipinski definition) is 1. The van der Waals surface area contributed by atoms with Crippen LogP contribution in [-0.2, 0) is 0 Å². The van der Waals surface area contributed by atoms with Crippen molar-refractivity contribution < 1.29 is 9.47 Å². The fourth-order valence-electron chi connectivity index (χ4n) is 2.43. The van der Waals surface area contributed by atoms with Crippen molar-refractivity contribution in [3.63, 3.8) is 0 Å². The zero-order valence-electron chi connectivity index (χ0n) is 13.1. The largest absolute Gasteiger partial charge is 0.497 e. The SMILES string of the molecule is COc1ccc(OC)c(N=C(N)c2ccc3ccccc3c2)c1. The van der Waals surface area contributed by atoms with E-state index < -0.39 is 0 Å². The van der Waals surface area contributed by atoms with Crippen molar-refractivity contribution in [1.82, 2.24) is 0 Å². The fourth-order valence-corrected chi connectivity index (χ4v) is 2.43. The Labute approximate surface area is 135 Å². The Hall–Kier alpha value is -3.01. The lowest BCUT2D eigenvalue weighted by Gasteiger charge is -2.08. The van der Waals surface area contributed by atoms with E-state index in [0.29, 0.717) is 23.0 Å². The summed E-state index contributed by atoms with van der Waals surface area (Å²) in [5.74, 6) is 1.78. The van der Waals surface area contributed by atoms with E-state index >= 15 is 0 Å². The summed E-state index contributed by atoms with van der Waals surface area (Å²) < 4.78 is 10.6. The zero-order chi connectivity index (χ0) is 16.2. The topological polar surface area (TPSA) is 56.8 Å². The van der Waals surface area contributed by atoms with Crippen molar-refractivity contribution in [2.75, 3.05) is 14.2 Å². The molecule has 0 spiro atoms. The molecule has 0 heterocycles. The van der Waals surface area contributed by atoms with E-state index in [2.05, 4.69) is 17.1 Å². The third-order valence-corrected chi connectivity index (χ3v) is 3.67. The number of nitrogens with two attached hydrogens (primary N) is 1. The molecule has 0 amide bonds. The van der Waals surface area contributed by atoms with Gasteiger partial charge in [-0.2, -0.15) is 0 Å². The number of methoxy groups -OCH3 is 2. The van der Waals surface area contributed by atoms with Crippen molar-refractivity contribution in [2.24, 2.45) is 10.7 Å². The van der Waals surface area contributed by atoms with Crippen LogP contribution in [0.5, 0.6) is 11.5 Å². The summed E-state index contributed by atoms with van der Waals surface area (Å²) in [4.78, 5) is 4.50. The third kappa shape index (κ3) is 3.11. The minimum atomic E-state index is 0.433. The maximum atomic E-state index is 6.19. The summed E-state index contributed by atoms with van der Waals surface area (Å²) in [6.45, 7) is 0. The van der Waals surface area contributed by atoms with Crippen LogP contribution in [0, 0.1) is 0 Å². The molecule has 3 aromatic rings. The Morgan fingerprint density at radius 3 is 2.39 bits per heavy atom. The molecule has 0 aromatic heterocycles. The minimum absolute atomic E-state index is 0.433. The van der Waals surface area contributed by atoms with Crippen LogP contribution in [0.25, 0.3) is 10.8 Å². The molecule has 0 unspecified atom stereocenters. The lowest BCUT2D eigenvalue weighted by molar-refractivity contribution is 0.404. The minimum Gasteiger partial charge on any atom is -0.497 e.